The maximum atomic E-state index is 12.1. The zero-order valence-corrected chi connectivity index (χ0v) is 14.5. The molecule has 0 radical (unpaired) electrons. The van der Waals surface area contributed by atoms with Gasteiger partial charge in [0.2, 0.25) is 0 Å². The van der Waals surface area contributed by atoms with Crippen LogP contribution in [-0.4, -0.2) is 43.1 Å². The number of carbonyl (C=O) groups excluding carboxylic acids is 1. The van der Waals surface area contributed by atoms with E-state index in [1.165, 1.54) is 6.07 Å². The van der Waals surface area contributed by atoms with Crippen LogP contribution in [0.4, 0.5) is 0 Å². The van der Waals surface area contributed by atoms with Gasteiger partial charge in [-0.3, -0.25) is 4.79 Å². The molecule has 6 nitrogen and oxygen atoms in total. The lowest BCUT2D eigenvalue weighted by Crippen LogP contribution is -2.46. The highest BCUT2D eigenvalue weighted by Gasteiger charge is 2.20. The molecule has 3 rings (SSSR count). The predicted octanol–water partition coefficient (Wildman–Crippen LogP) is 2.16. The third kappa shape index (κ3) is 4.82. The normalized spacial score (nSPS) is 16.0. The van der Waals surface area contributed by atoms with Gasteiger partial charge < -0.3 is 19.4 Å². The SMILES string of the molecule is CCCN1CCC(NC(=O)COc2ccc3ccc(=O)oc3c2)CC1. The summed E-state index contributed by atoms with van der Waals surface area (Å²) in [5, 5.41) is 3.85. The fourth-order valence-electron chi connectivity index (χ4n) is 3.17. The lowest BCUT2D eigenvalue weighted by atomic mass is 10.0. The molecule has 1 aromatic carbocycles. The second kappa shape index (κ2) is 8.16. The van der Waals surface area contributed by atoms with E-state index in [1.807, 2.05) is 0 Å². The van der Waals surface area contributed by atoms with Gasteiger partial charge in [0.1, 0.15) is 11.3 Å². The number of fused-ring (bicyclic) bond motifs is 1. The molecule has 1 aliphatic rings. The van der Waals surface area contributed by atoms with E-state index in [0.717, 1.165) is 44.3 Å². The average molecular weight is 344 g/mol. The van der Waals surface area contributed by atoms with Crippen molar-refractivity contribution in [3.05, 3.63) is 40.8 Å². The van der Waals surface area contributed by atoms with E-state index in [-0.39, 0.29) is 18.6 Å². The fourth-order valence-corrected chi connectivity index (χ4v) is 3.17. The molecule has 0 atom stereocenters. The highest BCUT2D eigenvalue weighted by atomic mass is 16.5. The van der Waals surface area contributed by atoms with E-state index >= 15 is 0 Å². The molecule has 1 fully saturated rings. The van der Waals surface area contributed by atoms with E-state index in [9.17, 15) is 9.59 Å². The van der Waals surface area contributed by atoms with Crippen LogP contribution < -0.4 is 15.7 Å². The Balaban J connectivity index is 1.48. The van der Waals surface area contributed by atoms with Crippen LogP contribution in [-0.2, 0) is 4.79 Å². The Morgan fingerprint density at radius 1 is 1.28 bits per heavy atom. The highest BCUT2D eigenvalue weighted by Crippen LogP contribution is 2.19. The van der Waals surface area contributed by atoms with E-state index in [1.54, 1.807) is 24.3 Å². The molecule has 1 aliphatic heterocycles. The summed E-state index contributed by atoms with van der Waals surface area (Å²) >= 11 is 0. The second-order valence-electron chi connectivity index (χ2n) is 6.43. The van der Waals surface area contributed by atoms with Gasteiger partial charge in [-0.15, -0.1) is 0 Å². The van der Waals surface area contributed by atoms with Gasteiger partial charge in [0.05, 0.1) is 0 Å². The monoisotopic (exact) mass is 344 g/mol. The van der Waals surface area contributed by atoms with Crippen molar-refractivity contribution in [2.24, 2.45) is 0 Å². The van der Waals surface area contributed by atoms with Crippen molar-refractivity contribution < 1.29 is 13.9 Å². The zero-order valence-electron chi connectivity index (χ0n) is 14.5. The number of amides is 1. The average Bonchev–Trinajstić information content (AvgIpc) is 2.61. The molecular formula is C19H24N2O4. The van der Waals surface area contributed by atoms with Gasteiger partial charge in [-0.25, -0.2) is 4.79 Å². The topological polar surface area (TPSA) is 71.8 Å². The van der Waals surface area contributed by atoms with E-state index in [4.69, 9.17) is 9.15 Å². The molecule has 6 heteroatoms. The second-order valence-corrected chi connectivity index (χ2v) is 6.43. The maximum Gasteiger partial charge on any atom is 0.336 e. The summed E-state index contributed by atoms with van der Waals surface area (Å²) in [7, 11) is 0. The van der Waals surface area contributed by atoms with E-state index in [0.29, 0.717) is 11.3 Å². The van der Waals surface area contributed by atoms with Gasteiger partial charge in [0.15, 0.2) is 6.61 Å². The largest absolute Gasteiger partial charge is 0.484 e. The molecule has 25 heavy (non-hydrogen) atoms. The number of hydrogen-bond donors (Lipinski definition) is 1. The summed E-state index contributed by atoms with van der Waals surface area (Å²) in [4.78, 5) is 25.8. The molecule has 0 spiro atoms. The third-order valence-electron chi connectivity index (χ3n) is 4.46. The van der Waals surface area contributed by atoms with Crippen molar-refractivity contribution in [3.8, 4) is 5.75 Å². The van der Waals surface area contributed by atoms with Crippen LogP contribution in [0.2, 0.25) is 0 Å². The molecule has 0 saturated carbocycles. The summed E-state index contributed by atoms with van der Waals surface area (Å²) in [6, 6.07) is 8.49. The molecular weight excluding hydrogens is 320 g/mol. The maximum absolute atomic E-state index is 12.1. The van der Waals surface area contributed by atoms with Crippen molar-refractivity contribution in [1.82, 2.24) is 10.2 Å². The molecule has 1 N–H and O–H groups in total. The van der Waals surface area contributed by atoms with Crippen LogP contribution in [0.3, 0.4) is 0 Å². The van der Waals surface area contributed by atoms with Crippen molar-refractivity contribution in [1.29, 1.82) is 0 Å². The van der Waals surface area contributed by atoms with Crippen LogP contribution in [0.5, 0.6) is 5.75 Å². The van der Waals surface area contributed by atoms with Gasteiger partial charge in [0.25, 0.3) is 5.91 Å². The van der Waals surface area contributed by atoms with Gasteiger partial charge >= 0.3 is 5.63 Å². The molecule has 134 valence electrons. The number of ether oxygens (including phenoxy) is 1. The van der Waals surface area contributed by atoms with Gasteiger partial charge in [0, 0.05) is 36.7 Å². The third-order valence-corrected chi connectivity index (χ3v) is 4.46. The van der Waals surface area contributed by atoms with Crippen molar-refractivity contribution in [3.63, 3.8) is 0 Å². The summed E-state index contributed by atoms with van der Waals surface area (Å²) in [5.74, 6) is 0.387. The summed E-state index contributed by atoms with van der Waals surface area (Å²) in [6.07, 6.45) is 3.12. The summed E-state index contributed by atoms with van der Waals surface area (Å²) < 4.78 is 10.7. The molecule has 1 amide bonds. The Morgan fingerprint density at radius 2 is 2.04 bits per heavy atom. The molecule has 2 aromatic rings. The van der Waals surface area contributed by atoms with Crippen LogP contribution in [0.15, 0.2) is 39.5 Å². The highest BCUT2D eigenvalue weighted by molar-refractivity contribution is 5.79. The number of rotatable bonds is 6. The van der Waals surface area contributed by atoms with Crippen LogP contribution in [0.25, 0.3) is 11.0 Å². The number of carbonyl (C=O) groups is 1. The minimum atomic E-state index is -0.406. The standard InChI is InChI=1S/C19H24N2O4/c1-2-9-21-10-7-15(8-11-21)20-18(22)13-24-16-5-3-14-4-6-19(23)25-17(14)12-16/h3-6,12,15H,2,7-11,13H2,1H3,(H,20,22). The first-order valence-electron chi connectivity index (χ1n) is 8.82. The Kier molecular flexibility index (Phi) is 5.71. The summed E-state index contributed by atoms with van der Waals surface area (Å²) in [5.41, 5.74) is 0.0468. The molecule has 1 saturated heterocycles. The first-order valence-corrected chi connectivity index (χ1v) is 8.82. The Bertz CT molecular complexity index is 778. The molecule has 0 aliphatic carbocycles. The van der Waals surface area contributed by atoms with Gasteiger partial charge in [-0.05, 0) is 44.0 Å². The van der Waals surface area contributed by atoms with Crippen LogP contribution >= 0.6 is 0 Å². The van der Waals surface area contributed by atoms with Gasteiger partial charge in [-0.2, -0.15) is 0 Å². The molecule has 0 unspecified atom stereocenters. The van der Waals surface area contributed by atoms with Crippen LogP contribution in [0, 0.1) is 0 Å². The quantitative estimate of drug-likeness (QED) is 0.813. The van der Waals surface area contributed by atoms with Crippen molar-refractivity contribution >= 4 is 16.9 Å². The minimum absolute atomic E-state index is 0.0439. The summed E-state index contributed by atoms with van der Waals surface area (Å²) in [6.45, 7) is 5.33. The zero-order chi connectivity index (χ0) is 17.6. The smallest absolute Gasteiger partial charge is 0.336 e. The predicted molar refractivity (Wildman–Crippen MR) is 95.9 cm³/mol. The number of hydrogen-bond acceptors (Lipinski definition) is 5. The number of piperidine rings is 1. The number of benzene rings is 1. The van der Waals surface area contributed by atoms with Crippen molar-refractivity contribution in [2.75, 3.05) is 26.2 Å². The number of nitrogens with zero attached hydrogens (tertiary/aromatic N) is 1. The lowest BCUT2D eigenvalue weighted by Gasteiger charge is -2.32. The van der Waals surface area contributed by atoms with Crippen molar-refractivity contribution in [2.45, 2.75) is 32.2 Å². The molecule has 0 bridgehead atoms. The Labute approximate surface area is 146 Å². The van der Waals surface area contributed by atoms with E-state index in [2.05, 4.69) is 17.1 Å². The molecule has 1 aromatic heterocycles. The lowest BCUT2D eigenvalue weighted by molar-refractivity contribution is -0.124. The first-order chi connectivity index (χ1) is 12.1. The number of nitrogens with one attached hydrogen (secondary N) is 1. The van der Waals surface area contributed by atoms with Crippen LogP contribution in [0.1, 0.15) is 26.2 Å². The fraction of sp³-hybridized carbons (Fsp3) is 0.474. The van der Waals surface area contributed by atoms with Gasteiger partial charge in [-0.1, -0.05) is 6.92 Å². The van der Waals surface area contributed by atoms with E-state index < -0.39 is 5.63 Å². The first kappa shape index (κ1) is 17.5. The Hall–Kier alpha value is -2.34. The Morgan fingerprint density at radius 3 is 2.80 bits per heavy atom. The number of likely N-dealkylation sites (tertiary alicyclic amines) is 1. The minimum Gasteiger partial charge on any atom is -0.484 e. The molecule has 2 heterocycles.